The molecule has 11 nitrogen and oxygen atoms in total. The van der Waals surface area contributed by atoms with Gasteiger partial charge in [-0.1, -0.05) is 6.07 Å². The monoisotopic (exact) mass is 642 g/mol. The van der Waals surface area contributed by atoms with Gasteiger partial charge in [0.1, 0.15) is 24.2 Å². The number of carbonyl (C=O) groups is 1. The topological polar surface area (TPSA) is 115 Å². The van der Waals surface area contributed by atoms with Crippen molar-refractivity contribution in [2.24, 2.45) is 5.92 Å². The number of nitrogens with two attached hydrogens (primary N) is 1. The molecule has 2 saturated heterocycles. The van der Waals surface area contributed by atoms with Crippen molar-refractivity contribution in [2.75, 3.05) is 51.0 Å². The van der Waals surface area contributed by atoms with Crippen molar-refractivity contribution >= 4 is 17.4 Å². The second-order valence-corrected chi connectivity index (χ2v) is 14.9. The Hall–Kier alpha value is -3.77. The minimum absolute atomic E-state index is 0.111. The molecule has 2 aromatic heterocycles. The van der Waals surface area contributed by atoms with Crippen LogP contribution in [0.25, 0.3) is 0 Å². The second-order valence-electron chi connectivity index (χ2n) is 14.9. The van der Waals surface area contributed by atoms with Gasteiger partial charge in [0.05, 0.1) is 30.1 Å². The molecule has 7 aliphatic rings. The Labute approximate surface area is 274 Å². The normalized spacial score (nSPS) is 30.6. The molecule has 3 atom stereocenters. The summed E-state index contributed by atoms with van der Waals surface area (Å²) in [5, 5.41) is 4.64. The molecule has 0 unspecified atom stereocenters. The molecule has 6 heterocycles. The lowest BCUT2D eigenvalue weighted by Crippen LogP contribution is -2.52. The van der Waals surface area contributed by atoms with Crippen molar-refractivity contribution in [1.29, 1.82) is 0 Å². The highest BCUT2D eigenvalue weighted by Crippen LogP contribution is 2.62. The van der Waals surface area contributed by atoms with E-state index in [2.05, 4.69) is 27.0 Å². The Morgan fingerprint density at radius 1 is 1.17 bits per heavy atom. The third-order valence-electron chi connectivity index (χ3n) is 11.9. The molecule has 3 aliphatic carbocycles. The van der Waals surface area contributed by atoms with E-state index in [-0.39, 0.29) is 11.4 Å². The summed E-state index contributed by atoms with van der Waals surface area (Å²) in [7, 11) is 3.49. The van der Waals surface area contributed by atoms with E-state index in [4.69, 9.17) is 25.2 Å². The number of ether oxygens (including phenoxy) is 2. The fourth-order valence-electron chi connectivity index (χ4n) is 9.44. The molecular weight excluding hydrogens is 599 g/mol. The van der Waals surface area contributed by atoms with Gasteiger partial charge in [-0.3, -0.25) is 14.4 Å². The molecule has 1 saturated carbocycles. The van der Waals surface area contributed by atoms with E-state index in [1.807, 2.05) is 16.8 Å². The smallest absolute Gasteiger partial charge is 0.318 e. The number of anilines is 2. The maximum atomic E-state index is 14.6. The molecule has 1 spiro atoms. The maximum absolute atomic E-state index is 14.6. The summed E-state index contributed by atoms with van der Waals surface area (Å²) in [6.07, 6.45) is 5.33. The van der Waals surface area contributed by atoms with Gasteiger partial charge in [0, 0.05) is 57.8 Å². The molecule has 4 aliphatic heterocycles. The largest absolute Gasteiger partial charge is 0.461 e. The first-order valence-electron chi connectivity index (χ1n) is 17.2. The fourth-order valence-corrected chi connectivity index (χ4v) is 9.44. The maximum Gasteiger partial charge on any atom is 0.318 e. The van der Waals surface area contributed by atoms with Crippen LogP contribution < -0.4 is 15.4 Å². The molecular formula is C35H43FN8O3. The number of aromatic nitrogens is 4. The number of benzene rings is 1. The average Bonchev–Trinajstić information content (AvgIpc) is 3.65. The summed E-state index contributed by atoms with van der Waals surface area (Å²) in [6.45, 7) is 4.18. The van der Waals surface area contributed by atoms with E-state index in [1.54, 1.807) is 19.0 Å². The number of hydrogen-bond donors (Lipinski definition) is 1. The molecule has 0 radical (unpaired) electrons. The van der Waals surface area contributed by atoms with Gasteiger partial charge in [0.15, 0.2) is 5.69 Å². The standard InChI is InChI=1S/C35H43FN8O3/c1-41(2)32(45)29-14-25-18-42(8-4-10-44(25)40-29)31-27-19-47-35(22-11-21(12-22)26-6-5-24(37)13-28(26)35)16-30(27)38-33(39-31)46-20-34-7-3-9-43(34)17-23(36)15-34/h5-6,13-14,21-23H,3-4,7-12,15-20,37H2,1-2H3/t21?,22?,23-,34+,35-/m1/s1. The van der Waals surface area contributed by atoms with Crippen molar-refractivity contribution in [1.82, 2.24) is 29.5 Å². The van der Waals surface area contributed by atoms with Gasteiger partial charge in [0.25, 0.3) is 5.91 Å². The first kappa shape index (κ1) is 29.4. The first-order chi connectivity index (χ1) is 22.7. The Morgan fingerprint density at radius 2 is 2.04 bits per heavy atom. The molecule has 10 rings (SSSR count). The first-order valence-corrected chi connectivity index (χ1v) is 17.2. The lowest BCUT2D eigenvalue weighted by molar-refractivity contribution is -0.150. The van der Waals surface area contributed by atoms with Crippen LogP contribution in [-0.2, 0) is 36.5 Å². The quantitative estimate of drug-likeness (QED) is 0.415. The number of hydrogen-bond acceptors (Lipinski definition) is 9. The molecule has 12 heteroatoms. The van der Waals surface area contributed by atoms with Gasteiger partial charge in [-0.2, -0.15) is 15.1 Å². The number of rotatable bonds is 5. The van der Waals surface area contributed by atoms with E-state index >= 15 is 0 Å². The number of halogens is 1. The number of aryl methyl sites for hydroxylation is 1. The van der Waals surface area contributed by atoms with Crippen molar-refractivity contribution in [3.8, 4) is 6.01 Å². The van der Waals surface area contributed by atoms with E-state index in [1.165, 1.54) is 11.1 Å². The number of amides is 1. The van der Waals surface area contributed by atoms with Crippen molar-refractivity contribution in [3.05, 3.63) is 58.0 Å². The van der Waals surface area contributed by atoms with Crippen LogP contribution in [0.1, 0.15) is 83.0 Å². The van der Waals surface area contributed by atoms with Crippen LogP contribution in [0.5, 0.6) is 6.01 Å². The van der Waals surface area contributed by atoms with Crippen LogP contribution in [0.3, 0.4) is 0 Å². The zero-order valence-electron chi connectivity index (χ0n) is 27.3. The summed E-state index contributed by atoms with van der Waals surface area (Å²) in [6, 6.07) is 8.55. The van der Waals surface area contributed by atoms with Crippen LogP contribution in [-0.4, -0.2) is 87.5 Å². The molecule has 3 fully saturated rings. The molecule has 47 heavy (non-hydrogen) atoms. The summed E-state index contributed by atoms with van der Waals surface area (Å²) in [5.74, 6) is 1.67. The third kappa shape index (κ3) is 4.57. The second kappa shape index (κ2) is 10.6. The Morgan fingerprint density at radius 3 is 2.89 bits per heavy atom. The number of alkyl halides is 1. The third-order valence-corrected chi connectivity index (χ3v) is 11.9. The van der Waals surface area contributed by atoms with Gasteiger partial charge in [-0.15, -0.1) is 0 Å². The minimum atomic E-state index is -0.827. The predicted octanol–water partition coefficient (Wildman–Crippen LogP) is 3.80. The highest BCUT2D eigenvalue weighted by molar-refractivity contribution is 5.92. The van der Waals surface area contributed by atoms with Crippen molar-refractivity contribution in [2.45, 2.75) is 87.9 Å². The number of carbonyl (C=O) groups excluding carboxylic acids is 1. The van der Waals surface area contributed by atoms with Gasteiger partial charge < -0.3 is 25.0 Å². The van der Waals surface area contributed by atoms with E-state index in [0.717, 1.165) is 73.7 Å². The molecule has 1 amide bonds. The lowest BCUT2D eigenvalue weighted by Gasteiger charge is -2.56. The molecule has 2 bridgehead atoms. The Balaban J connectivity index is 1.09. The van der Waals surface area contributed by atoms with Crippen LogP contribution in [0.15, 0.2) is 24.3 Å². The van der Waals surface area contributed by atoms with E-state index in [9.17, 15) is 9.18 Å². The SMILES string of the molecule is CN(C)C(=O)c1cc2n(n1)CCCN(c1nc(OC[C@@]34CCCN3C[C@H](F)C4)nc3c1CO[C@@]1(C3)c3cc(N)ccc3C3CC1C3)C2. The van der Waals surface area contributed by atoms with Gasteiger partial charge in [-0.05, 0) is 79.8 Å². The molecule has 3 aromatic rings. The number of nitrogens with zero attached hydrogens (tertiary/aromatic N) is 7. The van der Waals surface area contributed by atoms with Crippen molar-refractivity contribution < 1.29 is 18.7 Å². The average molecular weight is 643 g/mol. The highest BCUT2D eigenvalue weighted by Gasteiger charge is 2.57. The predicted molar refractivity (Wildman–Crippen MR) is 173 cm³/mol. The van der Waals surface area contributed by atoms with Crippen LogP contribution in [0.4, 0.5) is 15.9 Å². The van der Waals surface area contributed by atoms with Crippen LogP contribution >= 0.6 is 0 Å². The highest BCUT2D eigenvalue weighted by atomic mass is 19.1. The molecule has 2 N–H and O–H groups in total. The summed E-state index contributed by atoms with van der Waals surface area (Å²) < 4.78 is 30.1. The Kier molecular flexibility index (Phi) is 6.64. The summed E-state index contributed by atoms with van der Waals surface area (Å²) in [4.78, 5) is 29.0. The number of nitrogen functional groups attached to an aromatic ring is 1. The zero-order valence-corrected chi connectivity index (χ0v) is 27.3. The van der Waals surface area contributed by atoms with Gasteiger partial charge in [0.2, 0.25) is 0 Å². The van der Waals surface area contributed by atoms with Gasteiger partial charge in [-0.25, -0.2) is 4.39 Å². The lowest BCUT2D eigenvalue weighted by atomic mass is 9.53. The summed E-state index contributed by atoms with van der Waals surface area (Å²) in [5.41, 5.74) is 12.2. The van der Waals surface area contributed by atoms with Crippen LogP contribution in [0, 0.1) is 5.92 Å². The zero-order chi connectivity index (χ0) is 32.1. The molecule has 248 valence electrons. The fraction of sp³-hybridized carbons (Fsp3) is 0.600. The van der Waals surface area contributed by atoms with Gasteiger partial charge >= 0.3 is 6.01 Å². The Bertz CT molecular complexity index is 1760. The van der Waals surface area contributed by atoms with E-state index in [0.29, 0.717) is 69.2 Å². The van der Waals surface area contributed by atoms with E-state index < -0.39 is 11.8 Å². The summed E-state index contributed by atoms with van der Waals surface area (Å²) >= 11 is 0. The van der Waals surface area contributed by atoms with Crippen LogP contribution in [0.2, 0.25) is 0 Å². The number of fused-ring (bicyclic) bond motifs is 3. The molecule has 1 aromatic carbocycles. The minimum Gasteiger partial charge on any atom is -0.461 e. The van der Waals surface area contributed by atoms with Crippen molar-refractivity contribution in [3.63, 3.8) is 0 Å².